The fourth-order valence-electron chi connectivity index (χ4n) is 1.91. The minimum atomic E-state index is 0.101. The van der Waals surface area contributed by atoms with E-state index in [1.807, 2.05) is 29.3 Å². The van der Waals surface area contributed by atoms with E-state index in [-0.39, 0.29) is 6.04 Å². The zero-order chi connectivity index (χ0) is 12.1. The molecular weight excluding hydrogens is 214 g/mol. The summed E-state index contributed by atoms with van der Waals surface area (Å²) in [4.78, 5) is 8.14. The molecule has 1 N–H and O–H groups in total. The van der Waals surface area contributed by atoms with Crippen LogP contribution in [-0.4, -0.2) is 26.3 Å². The Kier molecular flexibility index (Phi) is 3.82. The van der Waals surface area contributed by atoms with Gasteiger partial charge in [0.25, 0.3) is 0 Å². The van der Waals surface area contributed by atoms with Crippen molar-refractivity contribution in [1.29, 1.82) is 0 Å². The van der Waals surface area contributed by atoms with Crippen molar-refractivity contribution < 1.29 is 0 Å². The summed E-state index contributed by atoms with van der Waals surface area (Å²) >= 11 is 0. The SMILES string of the molecule is CCNC(c1cncnc1)c1ccnn1CC. The topological polar surface area (TPSA) is 55.6 Å². The Balaban J connectivity index is 2.36. The van der Waals surface area contributed by atoms with Crippen LogP contribution in [0.5, 0.6) is 0 Å². The van der Waals surface area contributed by atoms with Crippen molar-refractivity contribution in [2.45, 2.75) is 26.4 Å². The molecule has 0 radical (unpaired) electrons. The van der Waals surface area contributed by atoms with Crippen LogP contribution in [0.1, 0.15) is 31.1 Å². The van der Waals surface area contributed by atoms with Gasteiger partial charge in [-0.25, -0.2) is 9.97 Å². The molecule has 5 heteroatoms. The summed E-state index contributed by atoms with van der Waals surface area (Å²) < 4.78 is 1.99. The second-order valence-electron chi connectivity index (χ2n) is 3.73. The van der Waals surface area contributed by atoms with Crippen LogP contribution in [0.25, 0.3) is 0 Å². The summed E-state index contributed by atoms with van der Waals surface area (Å²) in [6, 6.07) is 2.13. The monoisotopic (exact) mass is 231 g/mol. The molecule has 2 aromatic rings. The second kappa shape index (κ2) is 5.54. The van der Waals surface area contributed by atoms with Gasteiger partial charge < -0.3 is 5.32 Å². The summed E-state index contributed by atoms with van der Waals surface area (Å²) in [6.45, 7) is 5.91. The molecule has 1 atom stereocenters. The third-order valence-electron chi connectivity index (χ3n) is 2.67. The molecule has 0 fully saturated rings. The van der Waals surface area contributed by atoms with E-state index in [9.17, 15) is 0 Å². The van der Waals surface area contributed by atoms with Crippen LogP contribution in [-0.2, 0) is 6.54 Å². The lowest BCUT2D eigenvalue weighted by Gasteiger charge is -2.18. The molecule has 2 heterocycles. The lowest BCUT2D eigenvalue weighted by molar-refractivity contribution is 0.540. The zero-order valence-electron chi connectivity index (χ0n) is 10.2. The Morgan fingerprint density at radius 1 is 1.29 bits per heavy atom. The number of aryl methyl sites for hydroxylation is 1. The van der Waals surface area contributed by atoms with Crippen molar-refractivity contribution in [2.24, 2.45) is 0 Å². The van der Waals surface area contributed by atoms with E-state index in [0.717, 1.165) is 24.3 Å². The van der Waals surface area contributed by atoms with Crippen LogP contribution in [0.3, 0.4) is 0 Å². The maximum atomic E-state index is 4.30. The number of hydrogen-bond donors (Lipinski definition) is 1. The highest BCUT2D eigenvalue weighted by molar-refractivity contribution is 5.22. The molecule has 0 spiro atoms. The number of nitrogens with one attached hydrogen (secondary N) is 1. The first-order valence-corrected chi connectivity index (χ1v) is 5.86. The summed E-state index contributed by atoms with van der Waals surface area (Å²) in [5.74, 6) is 0. The van der Waals surface area contributed by atoms with Crippen molar-refractivity contribution in [1.82, 2.24) is 25.1 Å². The van der Waals surface area contributed by atoms with E-state index in [4.69, 9.17) is 0 Å². The molecular formula is C12H17N5. The maximum absolute atomic E-state index is 4.30. The summed E-state index contributed by atoms with van der Waals surface area (Å²) in [6.07, 6.45) is 7.05. The molecule has 0 aliphatic heterocycles. The van der Waals surface area contributed by atoms with Crippen molar-refractivity contribution >= 4 is 0 Å². The van der Waals surface area contributed by atoms with E-state index in [1.165, 1.54) is 0 Å². The second-order valence-corrected chi connectivity index (χ2v) is 3.73. The van der Waals surface area contributed by atoms with Gasteiger partial charge in [0.1, 0.15) is 6.33 Å². The molecule has 0 amide bonds. The van der Waals surface area contributed by atoms with Gasteiger partial charge in [-0.15, -0.1) is 0 Å². The largest absolute Gasteiger partial charge is 0.305 e. The van der Waals surface area contributed by atoms with Gasteiger partial charge in [-0.3, -0.25) is 4.68 Å². The van der Waals surface area contributed by atoms with Gasteiger partial charge in [-0.05, 0) is 19.5 Å². The molecule has 0 aliphatic rings. The van der Waals surface area contributed by atoms with Gasteiger partial charge in [0.05, 0.1) is 11.7 Å². The van der Waals surface area contributed by atoms with Crippen LogP contribution < -0.4 is 5.32 Å². The van der Waals surface area contributed by atoms with Gasteiger partial charge in [-0.1, -0.05) is 6.92 Å². The fourth-order valence-corrected chi connectivity index (χ4v) is 1.91. The molecule has 1 unspecified atom stereocenters. The van der Waals surface area contributed by atoms with Gasteiger partial charge in [0, 0.05) is 30.7 Å². The standard InChI is InChI=1S/C12H17N5/c1-3-15-12(10-7-13-9-14-8-10)11-5-6-16-17(11)4-2/h5-9,12,15H,3-4H2,1-2H3. The Morgan fingerprint density at radius 2 is 2.06 bits per heavy atom. The van der Waals surface area contributed by atoms with Crippen LogP contribution in [0.4, 0.5) is 0 Å². The first-order valence-electron chi connectivity index (χ1n) is 5.86. The molecule has 2 aromatic heterocycles. The third kappa shape index (κ3) is 2.50. The third-order valence-corrected chi connectivity index (χ3v) is 2.67. The minimum absolute atomic E-state index is 0.101. The average molecular weight is 231 g/mol. The molecule has 0 aromatic carbocycles. The maximum Gasteiger partial charge on any atom is 0.115 e. The predicted octanol–water partition coefficient (Wildman–Crippen LogP) is 1.39. The van der Waals surface area contributed by atoms with Gasteiger partial charge >= 0.3 is 0 Å². The molecule has 0 bridgehead atoms. The molecule has 2 rings (SSSR count). The van der Waals surface area contributed by atoms with Crippen LogP contribution >= 0.6 is 0 Å². The number of nitrogens with zero attached hydrogens (tertiary/aromatic N) is 4. The highest BCUT2D eigenvalue weighted by Gasteiger charge is 2.17. The molecule has 5 nitrogen and oxygen atoms in total. The van der Waals surface area contributed by atoms with Gasteiger partial charge in [-0.2, -0.15) is 5.10 Å². The van der Waals surface area contributed by atoms with Crippen LogP contribution in [0.15, 0.2) is 31.0 Å². The lowest BCUT2D eigenvalue weighted by Crippen LogP contribution is -2.25. The highest BCUT2D eigenvalue weighted by Crippen LogP contribution is 2.20. The smallest absolute Gasteiger partial charge is 0.115 e. The summed E-state index contributed by atoms with van der Waals surface area (Å²) in [5.41, 5.74) is 2.20. The fraction of sp³-hybridized carbons (Fsp3) is 0.417. The van der Waals surface area contributed by atoms with Crippen molar-refractivity contribution in [3.05, 3.63) is 42.2 Å². The number of aromatic nitrogens is 4. The minimum Gasteiger partial charge on any atom is -0.305 e. The predicted molar refractivity (Wildman–Crippen MR) is 65.5 cm³/mol. The zero-order valence-corrected chi connectivity index (χ0v) is 10.2. The molecule has 90 valence electrons. The first-order chi connectivity index (χ1) is 8.36. The van der Waals surface area contributed by atoms with Crippen molar-refractivity contribution in [2.75, 3.05) is 6.54 Å². The first kappa shape index (κ1) is 11.7. The van der Waals surface area contributed by atoms with Crippen LogP contribution in [0.2, 0.25) is 0 Å². The van der Waals surface area contributed by atoms with Gasteiger partial charge in [0.2, 0.25) is 0 Å². The van der Waals surface area contributed by atoms with E-state index in [1.54, 1.807) is 6.33 Å². The quantitative estimate of drug-likeness (QED) is 0.845. The number of rotatable bonds is 5. The Bertz CT molecular complexity index is 451. The van der Waals surface area contributed by atoms with E-state index < -0.39 is 0 Å². The Morgan fingerprint density at radius 3 is 2.71 bits per heavy atom. The van der Waals surface area contributed by atoms with Crippen molar-refractivity contribution in [3.8, 4) is 0 Å². The molecule has 0 saturated carbocycles. The normalized spacial score (nSPS) is 12.6. The van der Waals surface area contributed by atoms with E-state index >= 15 is 0 Å². The Hall–Kier alpha value is -1.75. The lowest BCUT2D eigenvalue weighted by atomic mass is 10.1. The summed E-state index contributed by atoms with van der Waals surface area (Å²) in [5, 5.41) is 7.73. The summed E-state index contributed by atoms with van der Waals surface area (Å²) in [7, 11) is 0. The highest BCUT2D eigenvalue weighted by atomic mass is 15.3. The number of hydrogen-bond acceptors (Lipinski definition) is 4. The molecule has 17 heavy (non-hydrogen) atoms. The van der Waals surface area contributed by atoms with E-state index in [2.05, 4.69) is 34.2 Å². The molecule has 0 aliphatic carbocycles. The van der Waals surface area contributed by atoms with Crippen LogP contribution in [0, 0.1) is 0 Å². The van der Waals surface area contributed by atoms with E-state index in [0.29, 0.717) is 0 Å². The average Bonchev–Trinajstić information content (AvgIpc) is 2.85. The van der Waals surface area contributed by atoms with Crippen molar-refractivity contribution in [3.63, 3.8) is 0 Å². The molecule has 0 saturated heterocycles. The van der Waals surface area contributed by atoms with Gasteiger partial charge in [0.15, 0.2) is 0 Å². The Labute approximate surface area is 101 Å².